The zero-order chi connectivity index (χ0) is 14.7. The lowest BCUT2D eigenvalue weighted by Gasteiger charge is -2.25. The fourth-order valence-corrected chi connectivity index (χ4v) is 3.63. The molecule has 1 aliphatic rings. The molecule has 1 aliphatic heterocycles. The number of hydrogen-bond donors (Lipinski definition) is 1. The number of hydrogen-bond acceptors (Lipinski definition) is 3. The van der Waals surface area contributed by atoms with Gasteiger partial charge in [-0.15, -0.1) is 11.8 Å². The lowest BCUT2D eigenvalue weighted by atomic mass is 9.95. The van der Waals surface area contributed by atoms with Crippen molar-refractivity contribution in [2.24, 2.45) is 0 Å². The molecular formula is C17H16O3S. The maximum atomic E-state index is 11.0. The Morgan fingerprint density at radius 3 is 2.95 bits per heavy atom. The zero-order valence-corrected chi connectivity index (χ0v) is 12.3. The normalized spacial score (nSPS) is 16.9. The number of carboxylic acid groups (broad SMARTS) is 1. The number of carboxylic acids is 1. The molecule has 0 fully saturated rings. The van der Waals surface area contributed by atoms with Gasteiger partial charge in [-0.3, -0.25) is 0 Å². The van der Waals surface area contributed by atoms with Crippen LogP contribution >= 0.6 is 11.8 Å². The topological polar surface area (TPSA) is 46.5 Å². The van der Waals surface area contributed by atoms with Crippen LogP contribution in [-0.4, -0.2) is 23.4 Å². The van der Waals surface area contributed by atoms with E-state index in [0.717, 1.165) is 29.4 Å². The average Bonchev–Trinajstić information content (AvgIpc) is 2.53. The lowest BCUT2D eigenvalue weighted by Crippen LogP contribution is -2.15. The Kier molecular flexibility index (Phi) is 4.15. The number of ether oxygens (including phenoxy) is 1. The highest BCUT2D eigenvalue weighted by molar-refractivity contribution is 7.99. The van der Waals surface area contributed by atoms with Gasteiger partial charge in [0.05, 0.1) is 12.2 Å². The van der Waals surface area contributed by atoms with Crippen molar-refractivity contribution in [2.75, 3.05) is 12.4 Å². The third-order valence-electron chi connectivity index (χ3n) is 3.61. The van der Waals surface area contributed by atoms with E-state index in [0.29, 0.717) is 11.5 Å². The van der Waals surface area contributed by atoms with Crippen LogP contribution in [0.15, 0.2) is 53.4 Å². The minimum absolute atomic E-state index is 0.340. The van der Waals surface area contributed by atoms with Crippen LogP contribution in [0.2, 0.25) is 0 Å². The first-order valence-corrected chi connectivity index (χ1v) is 7.90. The number of fused-ring (bicyclic) bond motifs is 1. The molecule has 1 unspecified atom stereocenters. The predicted molar refractivity (Wildman–Crippen MR) is 83.4 cm³/mol. The molecule has 2 aromatic carbocycles. The largest absolute Gasteiger partial charge is 0.493 e. The van der Waals surface area contributed by atoms with Gasteiger partial charge in [0.25, 0.3) is 0 Å². The number of carbonyl (C=O) groups is 1. The summed E-state index contributed by atoms with van der Waals surface area (Å²) < 4.78 is 5.67. The SMILES string of the molecule is O=C(O)c1cccc(SCC2CCOc3ccccc32)c1. The number of para-hydroxylation sites is 1. The minimum atomic E-state index is -0.881. The molecule has 0 saturated carbocycles. The maximum Gasteiger partial charge on any atom is 0.335 e. The molecule has 0 aromatic heterocycles. The highest BCUT2D eigenvalue weighted by Crippen LogP contribution is 2.37. The average molecular weight is 300 g/mol. The molecule has 3 nitrogen and oxygen atoms in total. The minimum Gasteiger partial charge on any atom is -0.493 e. The second kappa shape index (κ2) is 6.22. The smallest absolute Gasteiger partial charge is 0.335 e. The monoisotopic (exact) mass is 300 g/mol. The van der Waals surface area contributed by atoms with Crippen LogP contribution < -0.4 is 4.74 Å². The quantitative estimate of drug-likeness (QED) is 0.866. The van der Waals surface area contributed by atoms with Crippen molar-refractivity contribution in [3.8, 4) is 5.75 Å². The van der Waals surface area contributed by atoms with Gasteiger partial charge in [0.2, 0.25) is 0 Å². The van der Waals surface area contributed by atoms with Crippen molar-refractivity contribution in [1.82, 2.24) is 0 Å². The van der Waals surface area contributed by atoms with Gasteiger partial charge in [0.1, 0.15) is 5.75 Å². The number of rotatable bonds is 4. The molecule has 2 aromatic rings. The molecule has 4 heteroatoms. The summed E-state index contributed by atoms with van der Waals surface area (Å²) in [5.74, 6) is 1.49. The van der Waals surface area contributed by atoms with Crippen molar-refractivity contribution in [3.05, 3.63) is 59.7 Å². The summed E-state index contributed by atoms with van der Waals surface area (Å²) in [5.41, 5.74) is 1.60. The van der Waals surface area contributed by atoms with Crippen molar-refractivity contribution < 1.29 is 14.6 Å². The summed E-state index contributed by atoms with van der Waals surface area (Å²) in [4.78, 5) is 12.0. The lowest BCUT2D eigenvalue weighted by molar-refractivity contribution is 0.0696. The fraction of sp³-hybridized carbons (Fsp3) is 0.235. The van der Waals surface area contributed by atoms with Gasteiger partial charge < -0.3 is 9.84 Å². The molecule has 1 atom stereocenters. The summed E-state index contributed by atoms with van der Waals surface area (Å²) in [6, 6.07) is 15.3. The van der Waals surface area contributed by atoms with Crippen LogP contribution in [0.1, 0.15) is 28.3 Å². The van der Waals surface area contributed by atoms with Crippen LogP contribution in [0.5, 0.6) is 5.75 Å². The first-order chi connectivity index (χ1) is 10.2. The van der Waals surface area contributed by atoms with E-state index in [1.54, 1.807) is 30.0 Å². The van der Waals surface area contributed by atoms with E-state index in [-0.39, 0.29) is 0 Å². The molecule has 1 N–H and O–H groups in total. The fourth-order valence-electron chi connectivity index (χ4n) is 2.50. The van der Waals surface area contributed by atoms with Crippen molar-refractivity contribution in [2.45, 2.75) is 17.2 Å². The number of aromatic carboxylic acids is 1. The Balaban J connectivity index is 1.71. The highest BCUT2D eigenvalue weighted by atomic mass is 32.2. The van der Waals surface area contributed by atoms with Crippen LogP contribution in [-0.2, 0) is 0 Å². The Morgan fingerprint density at radius 1 is 1.24 bits per heavy atom. The third kappa shape index (κ3) is 3.22. The number of benzene rings is 2. The van der Waals surface area contributed by atoms with Gasteiger partial charge in [-0.1, -0.05) is 24.3 Å². The van der Waals surface area contributed by atoms with E-state index >= 15 is 0 Å². The first kappa shape index (κ1) is 14.0. The predicted octanol–water partition coefficient (Wildman–Crippen LogP) is 4.04. The highest BCUT2D eigenvalue weighted by Gasteiger charge is 2.21. The van der Waals surface area contributed by atoms with Crippen LogP contribution in [0.25, 0.3) is 0 Å². The summed E-state index contributed by atoms with van der Waals surface area (Å²) in [6.45, 7) is 0.747. The van der Waals surface area contributed by atoms with Gasteiger partial charge in [0, 0.05) is 16.6 Å². The van der Waals surface area contributed by atoms with E-state index in [1.807, 2.05) is 24.3 Å². The molecule has 0 aliphatic carbocycles. The van der Waals surface area contributed by atoms with Gasteiger partial charge in [0.15, 0.2) is 0 Å². The molecule has 0 spiro atoms. The molecule has 3 rings (SSSR count). The van der Waals surface area contributed by atoms with Crippen molar-refractivity contribution >= 4 is 17.7 Å². The summed E-state index contributed by atoms with van der Waals surface area (Å²) in [6.07, 6.45) is 1.00. The maximum absolute atomic E-state index is 11.0. The van der Waals surface area contributed by atoms with Gasteiger partial charge in [-0.25, -0.2) is 4.79 Å². The second-order valence-corrected chi connectivity index (χ2v) is 6.11. The molecule has 0 radical (unpaired) electrons. The molecule has 0 amide bonds. The second-order valence-electron chi connectivity index (χ2n) is 5.02. The first-order valence-electron chi connectivity index (χ1n) is 6.92. The Bertz CT molecular complexity index is 654. The molecule has 1 heterocycles. The third-order valence-corrected chi connectivity index (χ3v) is 4.77. The molecular weight excluding hydrogens is 284 g/mol. The Morgan fingerprint density at radius 2 is 2.10 bits per heavy atom. The van der Waals surface area contributed by atoms with Gasteiger partial charge in [-0.05, 0) is 36.2 Å². The molecule has 108 valence electrons. The van der Waals surface area contributed by atoms with Crippen molar-refractivity contribution in [1.29, 1.82) is 0 Å². The van der Waals surface area contributed by atoms with E-state index < -0.39 is 5.97 Å². The zero-order valence-electron chi connectivity index (χ0n) is 11.5. The van der Waals surface area contributed by atoms with E-state index in [9.17, 15) is 4.79 Å². The van der Waals surface area contributed by atoms with Gasteiger partial charge in [-0.2, -0.15) is 0 Å². The molecule has 21 heavy (non-hydrogen) atoms. The molecule has 0 saturated heterocycles. The summed E-state index contributed by atoms with van der Waals surface area (Å²) in [7, 11) is 0. The number of thioether (sulfide) groups is 1. The van der Waals surface area contributed by atoms with E-state index in [2.05, 4.69) is 6.07 Å². The summed E-state index contributed by atoms with van der Waals surface area (Å²) in [5, 5.41) is 9.03. The van der Waals surface area contributed by atoms with Crippen LogP contribution in [0.4, 0.5) is 0 Å². The van der Waals surface area contributed by atoms with E-state index in [1.165, 1.54) is 5.56 Å². The van der Waals surface area contributed by atoms with Crippen LogP contribution in [0, 0.1) is 0 Å². The summed E-state index contributed by atoms with van der Waals surface area (Å²) >= 11 is 1.70. The van der Waals surface area contributed by atoms with E-state index in [4.69, 9.17) is 9.84 Å². The standard InChI is InChI=1S/C17H16O3S/c18-17(19)12-4-3-5-14(10-12)21-11-13-8-9-20-16-7-2-1-6-15(13)16/h1-7,10,13H,8-9,11H2,(H,18,19). The Hall–Kier alpha value is -1.94. The van der Waals surface area contributed by atoms with Crippen molar-refractivity contribution in [3.63, 3.8) is 0 Å². The molecule has 0 bridgehead atoms. The van der Waals surface area contributed by atoms with Crippen LogP contribution in [0.3, 0.4) is 0 Å². The Labute approximate surface area is 127 Å². The van der Waals surface area contributed by atoms with Gasteiger partial charge >= 0.3 is 5.97 Å².